The molecule has 2 heterocycles. The molecule has 1 aromatic carbocycles. The predicted molar refractivity (Wildman–Crippen MR) is 107 cm³/mol. The fraction of sp³-hybridized carbons (Fsp3) is 0.435. The molecule has 1 aliphatic heterocycles. The molecule has 2 aromatic rings. The lowest BCUT2D eigenvalue weighted by atomic mass is 9.86. The SMILES string of the molecule is COc1c(C#N)ccc(C2(F)CCCC2)c1C(=O)N1CC(c2ccc(C(F)(F)F)cn2)C1. The number of hydrogen-bond acceptors (Lipinski definition) is 4. The first-order chi connectivity index (χ1) is 15.2. The van der Waals surface area contributed by atoms with Crippen molar-refractivity contribution in [3.05, 3.63) is 58.4 Å². The van der Waals surface area contributed by atoms with Crippen LogP contribution in [0.4, 0.5) is 17.6 Å². The summed E-state index contributed by atoms with van der Waals surface area (Å²) in [7, 11) is 1.33. The molecule has 0 radical (unpaired) electrons. The van der Waals surface area contributed by atoms with Gasteiger partial charge in [0.25, 0.3) is 5.91 Å². The van der Waals surface area contributed by atoms with Crippen LogP contribution in [0.5, 0.6) is 5.75 Å². The first-order valence-electron chi connectivity index (χ1n) is 10.3. The van der Waals surface area contributed by atoms with Crippen molar-refractivity contribution in [3.63, 3.8) is 0 Å². The Balaban J connectivity index is 1.60. The van der Waals surface area contributed by atoms with Crippen molar-refractivity contribution in [2.75, 3.05) is 20.2 Å². The van der Waals surface area contributed by atoms with Gasteiger partial charge in [-0.05, 0) is 43.9 Å². The molecular formula is C23H21F4N3O2. The molecule has 168 valence electrons. The van der Waals surface area contributed by atoms with Crippen LogP contribution in [0.1, 0.15) is 64.3 Å². The van der Waals surface area contributed by atoms with Crippen LogP contribution < -0.4 is 4.74 Å². The second kappa shape index (κ2) is 8.08. The fourth-order valence-corrected chi connectivity index (χ4v) is 4.48. The Labute approximate surface area is 182 Å². The Kier molecular flexibility index (Phi) is 5.57. The standard InChI is InChI=1S/C23H21F4N3O2/c1-32-20-14(10-28)4-6-17(22(24)8-2-3-9-22)19(20)21(31)30-12-15(13-30)18-7-5-16(11-29-18)23(25,26)27/h4-7,11,15H,2-3,8-9,12-13H2,1H3. The smallest absolute Gasteiger partial charge is 0.417 e. The number of likely N-dealkylation sites (tertiary alicyclic amines) is 1. The van der Waals surface area contributed by atoms with Crippen LogP contribution in [-0.4, -0.2) is 36.0 Å². The van der Waals surface area contributed by atoms with Gasteiger partial charge in [-0.1, -0.05) is 6.07 Å². The third-order valence-electron chi connectivity index (χ3n) is 6.28. The number of nitriles is 1. The van der Waals surface area contributed by atoms with E-state index in [2.05, 4.69) is 4.98 Å². The number of carbonyl (C=O) groups is 1. The summed E-state index contributed by atoms with van der Waals surface area (Å²) < 4.78 is 59.3. The first-order valence-corrected chi connectivity index (χ1v) is 10.3. The molecule has 1 aliphatic carbocycles. The first kappa shape index (κ1) is 22.1. The van der Waals surface area contributed by atoms with E-state index in [1.54, 1.807) is 0 Å². The molecule has 5 nitrogen and oxygen atoms in total. The second-order valence-electron chi connectivity index (χ2n) is 8.23. The number of rotatable bonds is 4. The van der Waals surface area contributed by atoms with Crippen LogP contribution in [-0.2, 0) is 11.8 Å². The maximum atomic E-state index is 15.7. The minimum absolute atomic E-state index is 0.0507. The number of aromatic nitrogens is 1. The zero-order valence-corrected chi connectivity index (χ0v) is 17.4. The van der Waals surface area contributed by atoms with Crippen molar-refractivity contribution in [1.29, 1.82) is 5.26 Å². The van der Waals surface area contributed by atoms with Crippen LogP contribution in [0.2, 0.25) is 0 Å². The normalized spacial score (nSPS) is 18.2. The maximum Gasteiger partial charge on any atom is 0.417 e. The molecule has 0 unspecified atom stereocenters. The van der Waals surface area contributed by atoms with Crippen LogP contribution >= 0.6 is 0 Å². The summed E-state index contributed by atoms with van der Waals surface area (Å²) in [4.78, 5) is 18.7. The number of hydrogen-bond donors (Lipinski definition) is 0. The summed E-state index contributed by atoms with van der Waals surface area (Å²) in [6.45, 7) is 0.464. The van der Waals surface area contributed by atoms with E-state index in [0.717, 1.165) is 12.3 Å². The molecule has 2 fully saturated rings. The molecule has 1 aromatic heterocycles. The largest absolute Gasteiger partial charge is 0.495 e. The minimum atomic E-state index is -4.46. The van der Waals surface area contributed by atoms with E-state index in [1.165, 1.54) is 30.2 Å². The Morgan fingerprint density at radius 1 is 1.22 bits per heavy atom. The van der Waals surface area contributed by atoms with Crippen molar-refractivity contribution in [3.8, 4) is 11.8 Å². The highest BCUT2D eigenvalue weighted by molar-refractivity contribution is 6.00. The number of nitrogens with zero attached hydrogens (tertiary/aromatic N) is 3. The van der Waals surface area contributed by atoms with Gasteiger partial charge in [-0.15, -0.1) is 0 Å². The summed E-state index contributed by atoms with van der Waals surface area (Å²) >= 11 is 0. The van der Waals surface area contributed by atoms with Gasteiger partial charge in [0.2, 0.25) is 0 Å². The van der Waals surface area contributed by atoms with Crippen molar-refractivity contribution >= 4 is 5.91 Å². The van der Waals surface area contributed by atoms with E-state index < -0.39 is 23.3 Å². The molecule has 2 aliphatic rings. The summed E-state index contributed by atoms with van der Waals surface area (Å²) in [5.74, 6) is -0.628. The highest BCUT2D eigenvalue weighted by atomic mass is 19.4. The molecule has 32 heavy (non-hydrogen) atoms. The number of halogens is 4. The number of carbonyl (C=O) groups excluding carboxylic acids is 1. The zero-order chi connectivity index (χ0) is 23.1. The third kappa shape index (κ3) is 3.78. The second-order valence-corrected chi connectivity index (χ2v) is 8.23. The Morgan fingerprint density at radius 3 is 2.44 bits per heavy atom. The van der Waals surface area contributed by atoms with Gasteiger partial charge in [0, 0.05) is 36.5 Å². The lowest BCUT2D eigenvalue weighted by Crippen LogP contribution is -2.49. The predicted octanol–water partition coefficient (Wildman–Crippen LogP) is 4.96. The molecule has 0 atom stereocenters. The number of benzene rings is 1. The Morgan fingerprint density at radius 2 is 1.91 bits per heavy atom. The fourth-order valence-electron chi connectivity index (χ4n) is 4.48. The number of alkyl halides is 4. The molecule has 0 spiro atoms. The zero-order valence-electron chi connectivity index (χ0n) is 17.4. The number of ether oxygens (including phenoxy) is 1. The average Bonchev–Trinajstić information content (AvgIpc) is 3.18. The van der Waals surface area contributed by atoms with Crippen LogP contribution in [0.3, 0.4) is 0 Å². The lowest BCUT2D eigenvalue weighted by molar-refractivity contribution is -0.137. The average molecular weight is 447 g/mol. The quantitative estimate of drug-likeness (QED) is 0.622. The summed E-state index contributed by atoms with van der Waals surface area (Å²) in [5, 5.41) is 9.42. The molecular weight excluding hydrogens is 426 g/mol. The van der Waals surface area contributed by atoms with Gasteiger partial charge in [0.05, 0.1) is 23.8 Å². The number of amides is 1. The van der Waals surface area contributed by atoms with E-state index in [1.807, 2.05) is 6.07 Å². The molecule has 4 rings (SSSR count). The number of methoxy groups -OCH3 is 1. The van der Waals surface area contributed by atoms with E-state index in [9.17, 15) is 23.2 Å². The van der Waals surface area contributed by atoms with Crippen molar-refractivity contribution < 1.29 is 27.1 Å². The molecule has 1 saturated heterocycles. The van der Waals surface area contributed by atoms with Crippen molar-refractivity contribution in [2.45, 2.75) is 43.4 Å². The summed E-state index contributed by atoms with van der Waals surface area (Å²) in [6.07, 6.45) is -1.69. The van der Waals surface area contributed by atoms with E-state index in [0.29, 0.717) is 31.4 Å². The molecule has 0 N–H and O–H groups in total. The van der Waals surface area contributed by atoms with Gasteiger partial charge in [0.1, 0.15) is 17.5 Å². The van der Waals surface area contributed by atoms with E-state index in [-0.39, 0.29) is 41.4 Å². The number of pyridine rings is 1. The highest BCUT2D eigenvalue weighted by Gasteiger charge is 2.43. The van der Waals surface area contributed by atoms with Gasteiger partial charge in [0.15, 0.2) is 0 Å². The van der Waals surface area contributed by atoms with Crippen LogP contribution in [0.25, 0.3) is 0 Å². The van der Waals surface area contributed by atoms with Crippen molar-refractivity contribution in [1.82, 2.24) is 9.88 Å². The molecule has 1 saturated carbocycles. The van der Waals surface area contributed by atoms with Gasteiger partial charge in [-0.3, -0.25) is 9.78 Å². The molecule has 1 amide bonds. The lowest BCUT2D eigenvalue weighted by Gasteiger charge is -2.40. The van der Waals surface area contributed by atoms with Crippen LogP contribution in [0, 0.1) is 11.3 Å². The highest BCUT2D eigenvalue weighted by Crippen LogP contribution is 2.47. The van der Waals surface area contributed by atoms with Crippen LogP contribution in [0.15, 0.2) is 30.5 Å². The van der Waals surface area contributed by atoms with Gasteiger partial charge >= 0.3 is 6.18 Å². The monoisotopic (exact) mass is 447 g/mol. The third-order valence-corrected chi connectivity index (χ3v) is 6.28. The van der Waals surface area contributed by atoms with Gasteiger partial charge in [-0.25, -0.2) is 4.39 Å². The minimum Gasteiger partial charge on any atom is -0.495 e. The molecule has 0 bridgehead atoms. The van der Waals surface area contributed by atoms with Crippen molar-refractivity contribution in [2.24, 2.45) is 0 Å². The summed E-state index contributed by atoms with van der Waals surface area (Å²) in [5.41, 5.74) is -1.62. The van der Waals surface area contributed by atoms with E-state index >= 15 is 4.39 Å². The Bertz CT molecular complexity index is 1060. The topological polar surface area (TPSA) is 66.2 Å². The Hall–Kier alpha value is -3.15. The van der Waals surface area contributed by atoms with Gasteiger partial charge < -0.3 is 9.64 Å². The van der Waals surface area contributed by atoms with E-state index in [4.69, 9.17) is 4.74 Å². The summed E-state index contributed by atoms with van der Waals surface area (Å²) in [6, 6.07) is 7.22. The maximum absolute atomic E-state index is 15.7. The molecule has 9 heteroatoms. The van der Waals surface area contributed by atoms with Gasteiger partial charge in [-0.2, -0.15) is 18.4 Å².